The maximum atomic E-state index is 11.0. The van der Waals surface area contributed by atoms with Crippen molar-refractivity contribution in [1.82, 2.24) is 0 Å². The summed E-state index contributed by atoms with van der Waals surface area (Å²) in [5.41, 5.74) is 0.359. The van der Waals surface area contributed by atoms with Gasteiger partial charge in [0.1, 0.15) is 0 Å². The highest BCUT2D eigenvalue weighted by Crippen LogP contribution is 2.35. The zero-order chi connectivity index (χ0) is 11.6. The van der Waals surface area contributed by atoms with Gasteiger partial charge in [0.05, 0.1) is 5.56 Å². The Hall–Kier alpha value is -0.480. The largest absolute Gasteiger partial charge is 0.478 e. The van der Waals surface area contributed by atoms with Crippen LogP contribution in [-0.2, 0) is 0 Å². The van der Waals surface area contributed by atoms with Crippen molar-refractivity contribution in [3.05, 3.63) is 28.2 Å². The molecule has 0 radical (unpaired) electrons. The molecule has 0 heterocycles. The molecule has 0 unspecified atom stereocenters. The number of benzene rings is 1. The van der Waals surface area contributed by atoms with Crippen molar-refractivity contribution >= 4 is 33.7 Å². The van der Waals surface area contributed by atoms with Crippen LogP contribution >= 0.6 is 27.7 Å². The van der Waals surface area contributed by atoms with Crippen LogP contribution in [0.4, 0.5) is 0 Å². The highest BCUT2D eigenvalue weighted by molar-refractivity contribution is 9.10. The van der Waals surface area contributed by atoms with Gasteiger partial charge in [0, 0.05) is 14.1 Å². The van der Waals surface area contributed by atoms with Gasteiger partial charge in [-0.3, -0.25) is 0 Å². The molecule has 0 fully saturated rings. The fourth-order valence-electron chi connectivity index (χ4n) is 1.09. The lowest BCUT2D eigenvalue weighted by Gasteiger charge is -2.18. The Labute approximate surface area is 102 Å². The van der Waals surface area contributed by atoms with E-state index in [0.717, 1.165) is 9.37 Å². The predicted molar refractivity (Wildman–Crippen MR) is 66.7 cm³/mol. The van der Waals surface area contributed by atoms with Gasteiger partial charge in [0.2, 0.25) is 0 Å². The molecule has 1 rings (SSSR count). The number of aromatic carboxylic acids is 1. The summed E-state index contributed by atoms with van der Waals surface area (Å²) >= 11 is 4.91. The molecule has 15 heavy (non-hydrogen) atoms. The molecule has 2 nitrogen and oxygen atoms in total. The van der Waals surface area contributed by atoms with Crippen LogP contribution in [0.15, 0.2) is 27.6 Å². The number of hydrogen-bond donors (Lipinski definition) is 1. The molecule has 4 heteroatoms. The zero-order valence-corrected chi connectivity index (χ0v) is 11.3. The van der Waals surface area contributed by atoms with Gasteiger partial charge in [-0.05, 0) is 18.2 Å². The summed E-state index contributed by atoms with van der Waals surface area (Å²) in [6, 6.07) is 5.22. The first-order valence-corrected chi connectivity index (χ1v) is 6.12. The average Bonchev–Trinajstić information content (AvgIpc) is 1.99. The van der Waals surface area contributed by atoms with Gasteiger partial charge >= 0.3 is 5.97 Å². The second kappa shape index (κ2) is 4.58. The first-order valence-electron chi connectivity index (χ1n) is 4.51. The summed E-state index contributed by atoms with van der Waals surface area (Å²) in [7, 11) is 0. The molecule has 82 valence electrons. The van der Waals surface area contributed by atoms with Gasteiger partial charge < -0.3 is 5.11 Å². The quantitative estimate of drug-likeness (QED) is 0.835. The predicted octanol–water partition coefficient (Wildman–Crippen LogP) is 4.04. The Kier molecular flexibility index (Phi) is 3.84. The molecule has 0 aromatic heterocycles. The van der Waals surface area contributed by atoms with Gasteiger partial charge in [-0.2, -0.15) is 0 Å². The molecular formula is C11H13BrO2S. The van der Waals surface area contributed by atoms with E-state index in [1.165, 1.54) is 0 Å². The highest BCUT2D eigenvalue weighted by Gasteiger charge is 2.18. The Morgan fingerprint density at radius 1 is 1.40 bits per heavy atom. The van der Waals surface area contributed by atoms with E-state index < -0.39 is 5.97 Å². The summed E-state index contributed by atoms with van der Waals surface area (Å²) in [5, 5.41) is 9.02. The van der Waals surface area contributed by atoms with Crippen molar-refractivity contribution in [2.45, 2.75) is 30.4 Å². The van der Waals surface area contributed by atoms with E-state index in [1.807, 2.05) is 6.07 Å². The highest BCUT2D eigenvalue weighted by atomic mass is 79.9. The van der Waals surface area contributed by atoms with Gasteiger partial charge in [0.15, 0.2) is 0 Å². The zero-order valence-electron chi connectivity index (χ0n) is 8.87. The van der Waals surface area contributed by atoms with E-state index in [9.17, 15) is 4.79 Å². The van der Waals surface area contributed by atoms with Crippen molar-refractivity contribution in [2.75, 3.05) is 0 Å². The van der Waals surface area contributed by atoms with Crippen LogP contribution in [0, 0.1) is 0 Å². The standard InChI is InChI=1S/C11H13BrO2S/c1-11(2,3)15-9-6-7(12)4-5-8(9)10(13)14/h4-6H,1-3H3,(H,13,14). The van der Waals surface area contributed by atoms with Crippen LogP contribution in [0.2, 0.25) is 0 Å². The van der Waals surface area contributed by atoms with Crippen molar-refractivity contribution < 1.29 is 9.90 Å². The van der Waals surface area contributed by atoms with Crippen molar-refractivity contribution in [2.24, 2.45) is 0 Å². The van der Waals surface area contributed by atoms with E-state index in [4.69, 9.17) is 5.11 Å². The maximum Gasteiger partial charge on any atom is 0.336 e. The number of hydrogen-bond acceptors (Lipinski definition) is 2. The lowest BCUT2D eigenvalue weighted by molar-refractivity contribution is 0.0693. The average molecular weight is 289 g/mol. The van der Waals surface area contributed by atoms with Crippen LogP contribution < -0.4 is 0 Å². The topological polar surface area (TPSA) is 37.3 Å². The molecule has 0 saturated carbocycles. The third-order valence-corrected chi connectivity index (χ3v) is 3.25. The third-order valence-electron chi connectivity index (χ3n) is 1.59. The number of carboxylic acid groups (broad SMARTS) is 1. The summed E-state index contributed by atoms with van der Waals surface area (Å²) in [4.78, 5) is 11.8. The van der Waals surface area contributed by atoms with E-state index >= 15 is 0 Å². The van der Waals surface area contributed by atoms with E-state index in [1.54, 1.807) is 23.9 Å². The molecule has 1 N–H and O–H groups in total. The molecule has 0 atom stereocenters. The summed E-state index contributed by atoms with van der Waals surface area (Å²) in [6.07, 6.45) is 0. The SMILES string of the molecule is CC(C)(C)Sc1cc(Br)ccc1C(=O)O. The second-order valence-electron chi connectivity index (χ2n) is 4.16. The Bertz CT molecular complexity index is 383. The Morgan fingerprint density at radius 3 is 2.47 bits per heavy atom. The number of carbonyl (C=O) groups is 1. The molecule has 0 bridgehead atoms. The van der Waals surface area contributed by atoms with E-state index in [2.05, 4.69) is 36.7 Å². The first-order chi connectivity index (χ1) is 6.79. The van der Waals surface area contributed by atoms with Crippen LogP contribution in [0.3, 0.4) is 0 Å². The Morgan fingerprint density at radius 2 is 2.00 bits per heavy atom. The van der Waals surface area contributed by atoms with Gasteiger partial charge in [-0.15, -0.1) is 11.8 Å². The smallest absolute Gasteiger partial charge is 0.336 e. The normalized spacial score (nSPS) is 11.5. The van der Waals surface area contributed by atoms with Gasteiger partial charge in [0.25, 0.3) is 0 Å². The van der Waals surface area contributed by atoms with Crippen LogP contribution in [-0.4, -0.2) is 15.8 Å². The van der Waals surface area contributed by atoms with Crippen LogP contribution in [0.25, 0.3) is 0 Å². The molecule has 0 amide bonds. The van der Waals surface area contributed by atoms with Crippen molar-refractivity contribution in [3.63, 3.8) is 0 Å². The molecule has 0 spiro atoms. The molecule has 0 aliphatic heterocycles. The third kappa shape index (κ3) is 3.87. The van der Waals surface area contributed by atoms with Crippen LogP contribution in [0.5, 0.6) is 0 Å². The number of rotatable bonds is 2. The monoisotopic (exact) mass is 288 g/mol. The van der Waals surface area contributed by atoms with E-state index in [-0.39, 0.29) is 4.75 Å². The number of thioether (sulfide) groups is 1. The number of halogens is 1. The molecule has 1 aromatic carbocycles. The molecular weight excluding hydrogens is 276 g/mol. The second-order valence-corrected chi connectivity index (χ2v) is 6.94. The minimum Gasteiger partial charge on any atom is -0.478 e. The first kappa shape index (κ1) is 12.6. The minimum atomic E-state index is -0.880. The lowest BCUT2D eigenvalue weighted by Crippen LogP contribution is -2.09. The lowest BCUT2D eigenvalue weighted by atomic mass is 10.2. The fourth-order valence-corrected chi connectivity index (χ4v) is 2.71. The molecule has 0 saturated heterocycles. The van der Waals surface area contributed by atoms with Gasteiger partial charge in [-0.1, -0.05) is 36.7 Å². The van der Waals surface area contributed by atoms with E-state index in [0.29, 0.717) is 5.56 Å². The maximum absolute atomic E-state index is 11.0. The van der Waals surface area contributed by atoms with Gasteiger partial charge in [-0.25, -0.2) is 4.79 Å². The number of carboxylic acids is 1. The Balaban J connectivity index is 3.13. The summed E-state index contributed by atoms with van der Waals surface area (Å²) in [5.74, 6) is -0.880. The van der Waals surface area contributed by atoms with Crippen molar-refractivity contribution in [1.29, 1.82) is 0 Å². The van der Waals surface area contributed by atoms with Crippen LogP contribution in [0.1, 0.15) is 31.1 Å². The summed E-state index contributed by atoms with van der Waals surface area (Å²) < 4.78 is 0.907. The molecule has 1 aromatic rings. The summed E-state index contributed by atoms with van der Waals surface area (Å²) in [6.45, 7) is 6.18. The minimum absolute atomic E-state index is 0.00495. The molecule has 0 aliphatic carbocycles. The molecule has 0 aliphatic rings. The van der Waals surface area contributed by atoms with Crippen molar-refractivity contribution in [3.8, 4) is 0 Å². The fraction of sp³-hybridized carbons (Fsp3) is 0.364.